The van der Waals surface area contributed by atoms with Gasteiger partial charge in [0.1, 0.15) is 0 Å². The third-order valence-corrected chi connectivity index (χ3v) is 13.7. The van der Waals surface area contributed by atoms with Crippen molar-refractivity contribution < 1.29 is 0 Å². The van der Waals surface area contributed by atoms with Crippen molar-refractivity contribution >= 4 is 43.6 Å². The summed E-state index contributed by atoms with van der Waals surface area (Å²) in [5.74, 6) is 0.698. The Morgan fingerprint density at radius 2 is 0.908 bits per heavy atom. The number of hydrogen-bond acceptors (Lipinski definition) is 2. The summed E-state index contributed by atoms with van der Waals surface area (Å²) >= 11 is 0. The first-order valence-electron chi connectivity index (χ1n) is 22.4. The molecular formula is C61H42N4. The van der Waals surface area contributed by atoms with E-state index in [0.29, 0.717) is 5.82 Å². The van der Waals surface area contributed by atoms with E-state index in [4.69, 9.17) is 9.97 Å². The second-order valence-electron chi connectivity index (χ2n) is 17.7. The minimum Gasteiger partial charge on any atom is -0.309 e. The SMILES string of the molecule is CC1(C)c2ccccc2-c2c1c1c3ccccc3n(-c3ccc(-c4cc(-c5cccc(-c6ccccc6)c5)nc(-c5ccccc5)n4)cc3)c1c1c3ccccc3n(-c3ccccc3)c21. The van der Waals surface area contributed by atoms with Crippen molar-refractivity contribution in [1.82, 2.24) is 19.1 Å². The van der Waals surface area contributed by atoms with Gasteiger partial charge in [0.05, 0.1) is 33.5 Å². The van der Waals surface area contributed by atoms with Gasteiger partial charge in [-0.2, -0.15) is 0 Å². The number of nitrogens with zero attached hydrogens (tertiary/aromatic N) is 4. The van der Waals surface area contributed by atoms with Crippen LogP contribution in [0.5, 0.6) is 0 Å². The first-order valence-corrected chi connectivity index (χ1v) is 22.4. The van der Waals surface area contributed by atoms with Crippen LogP contribution in [0, 0.1) is 0 Å². The lowest BCUT2D eigenvalue weighted by atomic mass is 9.80. The summed E-state index contributed by atoms with van der Waals surface area (Å²) in [6.07, 6.45) is 0. The molecule has 4 heteroatoms. The van der Waals surface area contributed by atoms with E-state index in [1.165, 1.54) is 71.4 Å². The van der Waals surface area contributed by atoms with Crippen LogP contribution in [-0.4, -0.2) is 19.1 Å². The molecule has 0 saturated carbocycles. The highest BCUT2D eigenvalue weighted by Gasteiger charge is 2.41. The molecule has 1 aliphatic carbocycles. The lowest BCUT2D eigenvalue weighted by Crippen LogP contribution is -2.15. The van der Waals surface area contributed by atoms with Crippen LogP contribution < -0.4 is 0 Å². The average Bonchev–Trinajstić information content (AvgIpc) is 3.98. The second kappa shape index (κ2) is 14.3. The van der Waals surface area contributed by atoms with Crippen LogP contribution in [0.15, 0.2) is 218 Å². The van der Waals surface area contributed by atoms with Crippen LogP contribution in [0.25, 0.3) is 111 Å². The maximum absolute atomic E-state index is 5.23. The van der Waals surface area contributed by atoms with Crippen molar-refractivity contribution in [3.8, 4) is 67.5 Å². The van der Waals surface area contributed by atoms with Gasteiger partial charge in [0.2, 0.25) is 0 Å². The molecule has 3 aromatic heterocycles. The molecule has 0 unspecified atom stereocenters. The monoisotopic (exact) mass is 830 g/mol. The smallest absolute Gasteiger partial charge is 0.160 e. The highest BCUT2D eigenvalue weighted by molar-refractivity contribution is 6.31. The van der Waals surface area contributed by atoms with Gasteiger partial charge in [0.25, 0.3) is 0 Å². The molecule has 65 heavy (non-hydrogen) atoms. The van der Waals surface area contributed by atoms with Gasteiger partial charge < -0.3 is 9.13 Å². The zero-order valence-electron chi connectivity index (χ0n) is 36.1. The van der Waals surface area contributed by atoms with Gasteiger partial charge >= 0.3 is 0 Å². The van der Waals surface area contributed by atoms with Crippen molar-refractivity contribution in [2.24, 2.45) is 0 Å². The average molecular weight is 831 g/mol. The van der Waals surface area contributed by atoms with E-state index in [2.05, 4.69) is 223 Å². The van der Waals surface area contributed by atoms with Gasteiger partial charge in [0, 0.05) is 60.6 Å². The fourth-order valence-corrected chi connectivity index (χ4v) is 10.8. The Hall–Kier alpha value is -8.34. The van der Waals surface area contributed by atoms with E-state index in [-0.39, 0.29) is 5.41 Å². The maximum atomic E-state index is 5.23. The Bertz CT molecular complexity index is 3820. The first kappa shape index (κ1) is 37.2. The molecule has 0 spiro atoms. The molecule has 9 aromatic carbocycles. The van der Waals surface area contributed by atoms with Gasteiger partial charge in [0.15, 0.2) is 5.82 Å². The van der Waals surface area contributed by atoms with Gasteiger partial charge in [-0.1, -0.05) is 184 Å². The largest absolute Gasteiger partial charge is 0.309 e. The van der Waals surface area contributed by atoms with Gasteiger partial charge in [-0.15, -0.1) is 0 Å². The van der Waals surface area contributed by atoms with Crippen molar-refractivity contribution in [1.29, 1.82) is 0 Å². The van der Waals surface area contributed by atoms with E-state index in [0.717, 1.165) is 45.0 Å². The van der Waals surface area contributed by atoms with Crippen molar-refractivity contribution in [2.75, 3.05) is 0 Å². The first-order chi connectivity index (χ1) is 32.0. The summed E-state index contributed by atoms with van der Waals surface area (Å²) in [6, 6.07) is 78.5. The molecule has 1 aliphatic rings. The van der Waals surface area contributed by atoms with Crippen LogP contribution in [0.4, 0.5) is 0 Å². The molecule has 0 aliphatic heterocycles. The molecule has 0 bridgehead atoms. The number of fused-ring (bicyclic) bond motifs is 12. The van der Waals surface area contributed by atoms with Gasteiger partial charge in [-0.25, -0.2) is 9.97 Å². The van der Waals surface area contributed by atoms with Crippen LogP contribution in [-0.2, 0) is 5.41 Å². The lowest BCUT2D eigenvalue weighted by Gasteiger charge is -2.23. The Morgan fingerprint density at radius 3 is 1.62 bits per heavy atom. The second-order valence-corrected chi connectivity index (χ2v) is 17.7. The maximum Gasteiger partial charge on any atom is 0.160 e. The van der Waals surface area contributed by atoms with E-state index in [1.807, 2.05) is 18.2 Å². The molecule has 3 heterocycles. The minimum absolute atomic E-state index is 0.253. The fraction of sp³-hybridized carbons (Fsp3) is 0.0492. The predicted octanol–water partition coefficient (Wildman–Crippen LogP) is 15.6. The third-order valence-electron chi connectivity index (χ3n) is 13.7. The van der Waals surface area contributed by atoms with Crippen LogP contribution in [0.2, 0.25) is 0 Å². The van der Waals surface area contributed by atoms with Crippen LogP contribution in [0.3, 0.4) is 0 Å². The van der Waals surface area contributed by atoms with Gasteiger partial charge in [-0.3, -0.25) is 0 Å². The van der Waals surface area contributed by atoms with Crippen LogP contribution >= 0.6 is 0 Å². The van der Waals surface area contributed by atoms with Crippen molar-refractivity contribution in [3.63, 3.8) is 0 Å². The zero-order chi connectivity index (χ0) is 43.2. The highest BCUT2D eigenvalue weighted by Crippen LogP contribution is 2.58. The number of hydrogen-bond donors (Lipinski definition) is 0. The lowest BCUT2D eigenvalue weighted by molar-refractivity contribution is 0.667. The summed E-state index contributed by atoms with van der Waals surface area (Å²) < 4.78 is 5.03. The molecular weight excluding hydrogens is 789 g/mol. The van der Waals surface area contributed by atoms with E-state index < -0.39 is 0 Å². The van der Waals surface area contributed by atoms with E-state index in [9.17, 15) is 0 Å². The summed E-state index contributed by atoms with van der Waals surface area (Å²) in [6.45, 7) is 4.83. The Balaban J connectivity index is 1.07. The summed E-state index contributed by atoms with van der Waals surface area (Å²) in [7, 11) is 0. The van der Waals surface area contributed by atoms with Gasteiger partial charge in [-0.05, 0) is 76.3 Å². The number of aromatic nitrogens is 4. The zero-order valence-corrected chi connectivity index (χ0v) is 36.1. The van der Waals surface area contributed by atoms with Crippen LogP contribution in [0.1, 0.15) is 25.0 Å². The number of para-hydroxylation sites is 3. The standard InChI is InChI=1S/C61H42N4/c1-61(2)49-30-15-12-27-46(49)54-57(61)55-47-28-13-16-31-52(47)65(59(55)56-48-29-14-17-32-53(48)64(58(54)56)44-25-10-5-11-26-44)45-35-33-40(34-36-45)50-38-51(63-60(62-50)41-21-8-4-9-22-41)43-24-18-23-42(37-43)39-19-6-3-7-20-39/h3-38H,1-2H3. The predicted molar refractivity (Wildman–Crippen MR) is 270 cm³/mol. The summed E-state index contributed by atoms with van der Waals surface area (Å²) in [5, 5.41) is 5.07. The van der Waals surface area contributed by atoms with Crippen molar-refractivity contribution in [2.45, 2.75) is 19.3 Å². The molecule has 306 valence electrons. The summed E-state index contributed by atoms with van der Waals surface area (Å²) in [4.78, 5) is 10.4. The molecule has 0 amide bonds. The Morgan fingerprint density at radius 1 is 0.385 bits per heavy atom. The fourth-order valence-electron chi connectivity index (χ4n) is 10.8. The van der Waals surface area contributed by atoms with E-state index in [1.54, 1.807) is 0 Å². The quantitative estimate of drug-likeness (QED) is 0.167. The molecule has 0 fully saturated rings. The number of benzene rings is 9. The Kier molecular flexibility index (Phi) is 8.22. The third kappa shape index (κ3) is 5.63. The molecule has 0 radical (unpaired) electrons. The molecule has 0 N–H and O–H groups in total. The molecule has 13 rings (SSSR count). The Labute approximate surface area is 377 Å². The topological polar surface area (TPSA) is 35.6 Å². The molecule has 12 aromatic rings. The highest BCUT2D eigenvalue weighted by atomic mass is 15.0. The molecule has 4 nitrogen and oxygen atoms in total. The summed E-state index contributed by atoms with van der Waals surface area (Å²) in [5.41, 5.74) is 19.4. The molecule has 0 saturated heterocycles. The minimum atomic E-state index is -0.253. The molecule has 0 atom stereocenters. The normalized spacial score (nSPS) is 12.9. The number of rotatable bonds is 6. The van der Waals surface area contributed by atoms with E-state index >= 15 is 0 Å². The van der Waals surface area contributed by atoms with Crippen molar-refractivity contribution in [3.05, 3.63) is 230 Å².